The monoisotopic (exact) mass is 170 g/mol. The van der Waals surface area contributed by atoms with Gasteiger partial charge in [0.05, 0.1) is 0 Å². The molecule has 0 fully saturated rings. The summed E-state index contributed by atoms with van der Waals surface area (Å²) < 4.78 is 0. The smallest absolute Gasteiger partial charge is 0.0186 e. The molecule has 0 aliphatic carbocycles. The summed E-state index contributed by atoms with van der Waals surface area (Å²) in [7, 11) is 4.21. The summed E-state index contributed by atoms with van der Waals surface area (Å²) in [6.45, 7) is 8.50. The first kappa shape index (κ1) is 11.7. The molecular weight excluding hydrogens is 148 g/mol. The van der Waals surface area contributed by atoms with E-state index in [9.17, 15) is 0 Å². The summed E-state index contributed by atoms with van der Waals surface area (Å²) in [4.78, 5) is 2.22. The minimum Gasteiger partial charge on any atom is -0.312 e. The molecule has 0 saturated carbocycles. The second-order valence-corrected chi connectivity index (χ2v) is 3.75. The van der Waals surface area contributed by atoms with Gasteiger partial charge in [0, 0.05) is 19.1 Å². The third kappa shape index (κ3) is 6.38. The van der Waals surface area contributed by atoms with E-state index in [-0.39, 0.29) is 0 Å². The summed E-state index contributed by atoms with van der Waals surface area (Å²) >= 11 is 0. The molecule has 0 amide bonds. The molecule has 0 spiro atoms. The van der Waals surface area contributed by atoms with Crippen LogP contribution in [0.4, 0.5) is 0 Å². The van der Waals surface area contributed by atoms with Gasteiger partial charge in [-0.1, -0.05) is 11.6 Å². The molecule has 72 valence electrons. The quantitative estimate of drug-likeness (QED) is 0.497. The predicted molar refractivity (Wildman–Crippen MR) is 55.4 cm³/mol. The zero-order chi connectivity index (χ0) is 9.56. The van der Waals surface area contributed by atoms with E-state index in [1.54, 1.807) is 0 Å². The average molecular weight is 170 g/mol. The van der Waals surface area contributed by atoms with Gasteiger partial charge in [-0.2, -0.15) is 0 Å². The Hall–Kier alpha value is -0.340. The molecule has 2 heteroatoms. The van der Waals surface area contributed by atoms with Crippen molar-refractivity contribution in [3.8, 4) is 0 Å². The van der Waals surface area contributed by atoms with Crippen LogP contribution in [0.15, 0.2) is 11.6 Å². The Morgan fingerprint density at radius 3 is 2.42 bits per heavy atom. The molecule has 1 atom stereocenters. The largest absolute Gasteiger partial charge is 0.312 e. The molecule has 12 heavy (non-hydrogen) atoms. The lowest BCUT2D eigenvalue weighted by Crippen LogP contribution is -2.35. The van der Waals surface area contributed by atoms with Gasteiger partial charge in [0.25, 0.3) is 0 Å². The molecule has 0 aromatic carbocycles. The van der Waals surface area contributed by atoms with Gasteiger partial charge in [-0.15, -0.1) is 0 Å². The van der Waals surface area contributed by atoms with Crippen LogP contribution in [-0.2, 0) is 0 Å². The van der Waals surface area contributed by atoms with Gasteiger partial charge in [0.2, 0.25) is 0 Å². The molecule has 2 nitrogen and oxygen atoms in total. The maximum Gasteiger partial charge on any atom is 0.0186 e. The van der Waals surface area contributed by atoms with Crippen LogP contribution in [0.25, 0.3) is 0 Å². The number of likely N-dealkylation sites (N-methyl/N-ethyl adjacent to an activating group) is 1. The van der Waals surface area contributed by atoms with Crippen molar-refractivity contribution in [1.82, 2.24) is 10.2 Å². The summed E-state index contributed by atoms with van der Waals surface area (Å²) in [5, 5.41) is 3.38. The van der Waals surface area contributed by atoms with Crippen LogP contribution in [0.3, 0.4) is 0 Å². The van der Waals surface area contributed by atoms with Crippen LogP contribution >= 0.6 is 0 Å². The predicted octanol–water partition coefficient (Wildman–Crippen LogP) is 1.49. The van der Waals surface area contributed by atoms with Crippen molar-refractivity contribution in [2.24, 2.45) is 0 Å². The summed E-state index contributed by atoms with van der Waals surface area (Å²) in [5.74, 6) is 0. The summed E-state index contributed by atoms with van der Waals surface area (Å²) in [6.07, 6.45) is 2.21. The Morgan fingerprint density at radius 2 is 2.00 bits per heavy atom. The van der Waals surface area contributed by atoms with Crippen LogP contribution in [-0.4, -0.2) is 38.1 Å². The molecule has 0 saturated heterocycles. The minimum absolute atomic E-state index is 0.607. The van der Waals surface area contributed by atoms with E-state index in [0.717, 1.165) is 13.1 Å². The van der Waals surface area contributed by atoms with Crippen LogP contribution in [0.1, 0.15) is 20.8 Å². The fraction of sp³-hybridized carbons (Fsp3) is 0.800. The molecule has 0 heterocycles. The summed E-state index contributed by atoms with van der Waals surface area (Å²) in [5.41, 5.74) is 1.38. The summed E-state index contributed by atoms with van der Waals surface area (Å²) in [6, 6.07) is 0.607. The Bertz CT molecular complexity index is 135. The second-order valence-electron chi connectivity index (χ2n) is 3.75. The van der Waals surface area contributed by atoms with Crippen molar-refractivity contribution in [2.75, 3.05) is 27.2 Å². The lowest BCUT2D eigenvalue weighted by molar-refractivity contribution is 0.306. The van der Waals surface area contributed by atoms with E-state index >= 15 is 0 Å². The Labute approximate surface area is 76.6 Å². The van der Waals surface area contributed by atoms with Crippen molar-refractivity contribution >= 4 is 0 Å². The lowest BCUT2D eigenvalue weighted by atomic mass is 10.3. The normalized spacial score (nSPS) is 13.2. The van der Waals surface area contributed by atoms with Crippen molar-refractivity contribution in [3.63, 3.8) is 0 Å². The molecule has 0 bridgehead atoms. The first-order valence-electron chi connectivity index (χ1n) is 4.54. The molecule has 1 N–H and O–H groups in total. The standard InChI is InChI=1S/C10H22N2/c1-9(2)6-7-11-8-10(3)12(4)5/h6,10-11H,7-8H2,1-5H3. The highest BCUT2D eigenvalue weighted by Crippen LogP contribution is 1.89. The van der Waals surface area contributed by atoms with Gasteiger partial charge >= 0.3 is 0 Å². The van der Waals surface area contributed by atoms with E-state index in [4.69, 9.17) is 0 Å². The van der Waals surface area contributed by atoms with Gasteiger partial charge in [0.1, 0.15) is 0 Å². The highest BCUT2D eigenvalue weighted by Gasteiger charge is 2.01. The minimum atomic E-state index is 0.607. The Morgan fingerprint density at radius 1 is 1.42 bits per heavy atom. The van der Waals surface area contributed by atoms with Crippen LogP contribution in [0.5, 0.6) is 0 Å². The number of rotatable bonds is 5. The molecule has 0 aliphatic rings. The van der Waals surface area contributed by atoms with Gasteiger partial charge in [-0.05, 0) is 34.9 Å². The Balaban J connectivity index is 3.38. The zero-order valence-corrected chi connectivity index (χ0v) is 9.02. The molecule has 0 aliphatic heterocycles. The van der Waals surface area contributed by atoms with Crippen LogP contribution < -0.4 is 5.32 Å². The third-order valence-corrected chi connectivity index (χ3v) is 1.98. The molecular formula is C10H22N2. The maximum absolute atomic E-state index is 3.38. The van der Waals surface area contributed by atoms with Crippen molar-refractivity contribution < 1.29 is 0 Å². The number of hydrogen-bond donors (Lipinski definition) is 1. The number of allylic oxidation sites excluding steroid dienone is 1. The fourth-order valence-corrected chi connectivity index (χ4v) is 0.751. The van der Waals surface area contributed by atoms with E-state index in [1.807, 2.05) is 0 Å². The number of nitrogens with one attached hydrogen (secondary N) is 1. The topological polar surface area (TPSA) is 15.3 Å². The molecule has 0 aromatic rings. The van der Waals surface area contributed by atoms with Crippen molar-refractivity contribution in [2.45, 2.75) is 26.8 Å². The lowest BCUT2D eigenvalue weighted by Gasteiger charge is -2.19. The van der Waals surface area contributed by atoms with E-state index < -0.39 is 0 Å². The van der Waals surface area contributed by atoms with Gasteiger partial charge in [-0.25, -0.2) is 0 Å². The van der Waals surface area contributed by atoms with Crippen LogP contribution in [0, 0.1) is 0 Å². The van der Waals surface area contributed by atoms with Crippen LogP contribution in [0.2, 0.25) is 0 Å². The van der Waals surface area contributed by atoms with E-state index in [2.05, 4.69) is 51.2 Å². The second kappa shape index (κ2) is 6.21. The molecule has 0 rings (SSSR count). The van der Waals surface area contributed by atoms with Crippen molar-refractivity contribution in [1.29, 1.82) is 0 Å². The number of nitrogens with zero attached hydrogens (tertiary/aromatic N) is 1. The molecule has 1 unspecified atom stereocenters. The van der Waals surface area contributed by atoms with Gasteiger partial charge in [-0.3, -0.25) is 0 Å². The number of hydrogen-bond acceptors (Lipinski definition) is 2. The van der Waals surface area contributed by atoms with Gasteiger partial charge < -0.3 is 10.2 Å². The SMILES string of the molecule is CC(C)=CCNCC(C)N(C)C. The Kier molecular flexibility index (Phi) is 6.03. The van der Waals surface area contributed by atoms with E-state index in [0.29, 0.717) is 6.04 Å². The first-order valence-corrected chi connectivity index (χ1v) is 4.54. The third-order valence-electron chi connectivity index (χ3n) is 1.98. The molecule has 0 aromatic heterocycles. The van der Waals surface area contributed by atoms with Crippen molar-refractivity contribution in [3.05, 3.63) is 11.6 Å². The molecule has 0 radical (unpaired) electrons. The van der Waals surface area contributed by atoms with E-state index in [1.165, 1.54) is 5.57 Å². The first-order chi connectivity index (χ1) is 5.54. The highest BCUT2D eigenvalue weighted by atomic mass is 15.1. The highest BCUT2D eigenvalue weighted by molar-refractivity contribution is 4.94. The maximum atomic E-state index is 3.38. The average Bonchev–Trinajstić information content (AvgIpc) is 1.97. The zero-order valence-electron chi connectivity index (χ0n) is 9.02. The van der Waals surface area contributed by atoms with Gasteiger partial charge in [0.15, 0.2) is 0 Å². The fourth-order valence-electron chi connectivity index (χ4n) is 0.751.